The number of aliphatic hydroxyl groups is 2. The summed E-state index contributed by atoms with van der Waals surface area (Å²) in [5, 5.41) is 18.0. The zero-order chi connectivity index (χ0) is 22.7. The Morgan fingerprint density at radius 3 is 1.94 bits per heavy atom. The molecule has 2 aromatic rings. The van der Waals surface area contributed by atoms with E-state index in [2.05, 4.69) is 0 Å². The van der Waals surface area contributed by atoms with E-state index < -0.39 is 6.29 Å². The van der Waals surface area contributed by atoms with Gasteiger partial charge in [-0.15, -0.1) is 0 Å². The number of rotatable bonds is 19. The lowest BCUT2D eigenvalue weighted by Crippen LogP contribution is -2.29. The minimum Gasteiger partial charge on any atom is -0.491 e. The lowest BCUT2D eigenvalue weighted by molar-refractivity contribution is -0.184. The van der Waals surface area contributed by atoms with Crippen LogP contribution in [0.3, 0.4) is 0 Å². The summed E-state index contributed by atoms with van der Waals surface area (Å²) >= 11 is 0. The van der Waals surface area contributed by atoms with Crippen LogP contribution in [-0.2, 0) is 30.3 Å². The van der Waals surface area contributed by atoms with Crippen molar-refractivity contribution in [2.75, 3.05) is 59.5 Å². The average molecular weight is 451 g/mol. The first-order valence-electron chi connectivity index (χ1n) is 10.8. The molecule has 2 aromatic carbocycles. The maximum atomic E-state index is 9.01. The van der Waals surface area contributed by atoms with Gasteiger partial charge in [-0.2, -0.15) is 0 Å². The predicted octanol–water partition coefficient (Wildman–Crippen LogP) is 2.03. The van der Waals surface area contributed by atoms with Gasteiger partial charge in [0.1, 0.15) is 18.5 Å². The van der Waals surface area contributed by atoms with Crippen LogP contribution in [0, 0.1) is 0 Å². The highest BCUT2D eigenvalue weighted by molar-refractivity contribution is 5.20. The molecule has 0 radical (unpaired) electrons. The first-order chi connectivity index (χ1) is 15.8. The highest BCUT2D eigenvalue weighted by Gasteiger charge is 2.12. The molecule has 0 bridgehead atoms. The van der Waals surface area contributed by atoms with E-state index in [1.54, 1.807) is 0 Å². The van der Waals surface area contributed by atoms with E-state index in [0.29, 0.717) is 33.0 Å². The molecule has 8 heteroatoms. The van der Waals surface area contributed by atoms with E-state index >= 15 is 0 Å². The molecule has 0 heterocycles. The molecule has 0 spiro atoms. The van der Waals surface area contributed by atoms with Crippen LogP contribution in [-0.4, -0.2) is 82.1 Å². The van der Waals surface area contributed by atoms with E-state index in [-0.39, 0.29) is 39.1 Å². The largest absolute Gasteiger partial charge is 0.491 e. The molecule has 0 aliphatic heterocycles. The van der Waals surface area contributed by atoms with E-state index in [0.717, 1.165) is 11.3 Å². The summed E-state index contributed by atoms with van der Waals surface area (Å²) in [5.74, 6) is 0.748. The van der Waals surface area contributed by atoms with Gasteiger partial charge in [0.15, 0.2) is 6.29 Å². The van der Waals surface area contributed by atoms with Crippen molar-refractivity contribution >= 4 is 0 Å². The lowest BCUT2D eigenvalue weighted by Gasteiger charge is -2.20. The van der Waals surface area contributed by atoms with Gasteiger partial charge < -0.3 is 38.6 Å². The molecular weight excluding hydrogens is 416 g/mol. The molecule has 0 aromatic heterocycles. The maximum Gasteiger partial charge on any atom is 0.181 e. The summed E-state index contributed by atoms with van der Waals surface area (Å²) in [5.41, 5.74) is 1.03. The fourth-order valence-electron chi connectivity index (χ4n) is 2.67. The second kappa shape index (κ2) is 17.5. The minimum atomic E-state index is -0.581. The monoisotopic (exact) mass is 450 g/mol. The topological polar surface area (TPSA) is 95.8 Å². The van der Waals surface area contributed by atoms with Crippen molar-refractivity contribution in [3.63, 3.8) is 0 Å². The summed E-state index contributed by atoms with van der Waals surface area (Å²) < 4.78 is 33.7. The lowest BCUT2D eigenvalue weighted by atomic mass is 10.2. The van der Waals surface area contributed by atoms with E-state index in [1.165, 1.54) is 0 Å². The number of hydrogen-bond donors (Lipinski definition) is 2. The smallest absolute Gasteiger partial charge is 0.181 e. The Morgan fingerprint density at radius 1 is 0.625 bits per heavy atom. The summed E-state index contributed by atoms with van der Waals surface area (Å²) in [6, 6.07) is 19.2. The van der Waals surface area contributed by atoms with Gasteiger partial charge in [-0.25, -0.2) is 0 Å². The second-order valence-corrected chi connectivity index (χ2v) is 6.81. The maximum absolute atomic E-state index is 9.01. The van der Waals surface area contributed by atoms with Gasteiger partial charge in [-0.05, 0) is 17.7 Å². The van der Waals surface area contributed by atoms with E-state index in [1.807, 2.05) is 60.7 Å². The standard InChI is InChI=1S/C24H34O8/c25-11-13-29-23(19-31-22-9-5-2-6-10-22)18-27-15-16-28-20-24(30-14-12-26)32-17-21-7-3-1-4-8-21/h1-10,23-26H,11-20H2. The fourth-order valence-corrected chi connectivity index (χ4v) is 2.67. The van der Waals surface area contributed by atoms with Crippen molar-refractivity contribution in [3.8, 4) is 5.75 Å². The molecule has 0 saturated heterocycles. The molecule has 2 atom stereocenters. The van der Waals surface area contributed by atoms with Gasteiger partial charge in [0.25, 0.3) is 0 Å². The molecule has 2 unspecified atom stereocenters. The van der Waals surface area contributed by atoms with Crippen molar-refractivity contribution in [3.05, 3.63) is 66.2 Å². The summed E-state index contributed by atoms with van der Waals surface area (Å²) in [7, 11) is 0. The molecular formula is C24H34O8. The Kier molecular flexibility index (Phi) is 14.3. The van der Waals surface area contributed by atoms with Gasteiger partial charge in [0, 0.05) is 0 Å². The van der Waals surface area contributed by atoms with Crippen LogP contribution in [0.5, 0.6) is 5.75 Å². The highest BCUT2D eigenvalue weighted by Crippen LogP contribution is 2.10. The SMILES string of the molecule is OCCOC(COCCOCC(OCCO)OCc1ccccc1)COc1ccccc1. The Bertz CT molecular complexity index is 611. The first-order valence-corrected chi connectivity index (χ1v) is 10.8. The van der Waals surface area contributed by atoms with Crippen molar-refractivity contribution in [1.29, 1.82) is 0 Å². The van der Waals surface area contributed by atoms with Gasteiger partial charge in [0.05, 0.1) is 59.5 Å². The number of ether oxygens (including phenoxy) is 6. The molecule has 0 saturated carbocycles. The third-order valence-corrected chi connectivity index (χ3v) is 4.23. The number of para-hydroxylation sites is 1. The van der Waals surface area contributed by atoms with Crippen LogP contribution < -0.4 is 4.74 Å². The third kappa shape index (κ3) is 12.1. The summed E-state index contributed by atoms with van der Waals surface area (Å²) in [6.07, 6.45) is -0.889. The Hall–Kier alpha value is -2.04. The average Bonchev–Trinajstić information content (AvgIpc) is 2.84. The first kappa shape index (κ1) is 26.2. The molecule has 0 amide bonds. The van der Waals surface area contributed by atoms with Crippen LogP contribution in [0.4, 0.5) is 0 Å². The number of aliphatic hydroxyl groups excluding tert-OH is 2. The van der Waals surface area contributed by atoms with Crippen molar-refractivity contribution in [2.24, 2.45) is 0 Å². The molecule has 32 heavy (non-hydrogen) atoms. The Labute approximate surface area is 189 Å². The summed E-state index contributed by atoms with van der Waals surface area (Å²) in [6.45, 7) is 2.17. The summed E-state index contributed by atoms with van der Waals surface area (Å²) in [4.78, 5) is 0. The van der Waals surface area contributed by atoms with E-state index in [9.17, 15) is 0 Å². The van der Waals surface area contributed by atoms with Crippen LogP contribution in [0.2, 0.25) is 0 Å². The molecule has 2 N–H and O–H groups in total. The van der Waals surface area contributed by atoms with Crippen molar-refractivity contribution in [1.82, 2.24) is 0 Å². The van der Waals surface area contributed by atoms with Crippen molar-refractivity contribution < 1.29 is 38.6 Å². The third-order valence-electron chi connectivity index (χ3n) is 4.23. The predicted molar refractivity (Wildman–Crippen MR) is 118 cm³/mol. The molecule has 0 fully saturated rings. The Balaban J connectivity index is 1.62. The number of benzene rings is 2. The van der Waals surface area contributed by atoms with Gasteiger partial charge >= 0.3 is 0 Å². The quantitative estimate of drug-likeness (QED) is 0.248. The van der Waals surface area contributed by atoms with Gasteiger partial charge in [0.2, 0.25) is 0 Å². The molecule has 8 nitrogen and oxygen atoms in total. The van der Waals surface area contributed by atoms with Gasteiger partial charge in [-0.3, -0.25) is 0 Å². The van der Waals surface area contributed by atoms with Crippen LogP contribution in [0.25, 0.3) is 0 Å². The molecule has 2 rings (SSSR count). The Morgan fingerprint density at radius 2 is 1.25 bits per heavy atom. The van der Waals surface area contributed by atoms with Gasteiger partial charge in [-0.1, -0.05) is 48.5 Å². The molecule has 178 valence electrons. The number of hydrogen-bond acceptors (Lipinski definition) is 8. The van der Waals surface area contributed by atoms with Crippen LogP contribution in [0.15, 0.2) is 60.7 Å². The highest BCUT2D eigenvalue weighted by atomic mass is 16.7. The zero-order valence-electron chi connectivity index (χ0n) is 18.3. The molecule has 0 aliphatic carbocycles. The minimum absolute atomic E-state index is 0.0663. The molecule has 0 aliphatic rings. The normalized spacial score (nSPS) is 13.1. The van der Waals surface area contributed by atoms with E-state index in [4.69, 9.17) is 38.6 Å². The van der Waals surface area contributed by atoms with Crippen LogP contribution in [0.1, 0.15) is 5.56 Å². The fraction of sp³-hybridized carbons (Fsp3) is 0.500. The second-order valence-electron chi connectivity index (χ2n) is 6.81. The van der Waals surface area contributed by atoms with Crippen molar-refractivity contribution in [2.45, 2.75) is 19.0 Å². The van der Waals surface area contributed by atoms with Crippen LogP contribution >= 0.6 is 0 Å². The zero-order valence-corrected chi connectivity index (χ0v) is 18.3.